The maximum Gasteiger partial charge on any atom is 0.161 e. The van der Waals surface area contributed by atoms with Gasteiger partial charge >= 0.3 is 0 Å². The lowest BCUT2D eigenvalue weighted by Gasteiger charge is -2.23. The molecule has 0 radical (unpaired) electrons. The molecule has 88 valence electrons. The minimum Gasteiger partial charge on any atom is -0.472 e. The van der Waals surface area contributed by atoms with E-state index in [1.165, 1.54) is 0 Å². The van der Waals surface area contributed by atoms with Gasteiger partial charge in [-0.1, -0.05) is 30.3 Å². The van der Waals surface area contributed by atoms with Gasteiger partial charge in [0.05, 0.1) is 18.1 Å². The minimum atomic E-state index is -0.960. The summed E-state index contributed by atoms with van der Waals surface area (Å²) < 4.78 is 4.94. The molecule has 0 aliphatic heterocycles. The molecule has 1 unspecified atom stereocenters. The highest BCUT2D eigenvalue weighted by molar-refractivity contribution is 5.90. The van der Waals surface area contributed by atoms with Crippen molar-refractivity contribution in [2.24, 2.45) is 5.73 Å². The van der Waals surface area contributed by atoms with E-state index in [-0.39, 0.29) is 5.78 Å². The van der Waals surface area contributed by atoms with E-state index in [0.717, 1.165) is 11.1 Å². The van der Waals surface area contributed by atoms with Crippen LogP contribution in [-0.4, -0.2) is 5.78 Å². The zero-order chi connectivity index (χ0) is 12.3. The average Bonchev–Trinajstić information content (AvgIpc) is 2.83. The molecule has 1 atom stereocenters. The number of nitrogens with two attached hydrogens (primary N) is 1. The Morgan fingerprint density at radius 2 is 2.00 bits per heavy atom. The highest BCUT2D eigenvalue weighted by Gasteiger charge is 2.29. The van der Waals surface area contributed by atoms with E-state index in [1.54, 1.807) is 25.5 Å². The normalized spacial score (nSPS) is 14.2. The molecule has 0 saturated carbocycles. The van der Waals surface area contributed by atoms with Gasteiger partial charge in [-0.05, 0) is 24.1 Å². The van der Waals surface area contributed by atoms with Crippen molar-refractivity contribution >= 4 is 5.78 Å². The van der Waals surface area contributed by atoms with Crippen LogP contribution in [0.3, 0.4) is 0 Å². The van der Waals surface area contributed by atoms with Crippen LogP contribution in [0.15, 0.2) is 53.3 Å². The molecule has 2 N–H and O–H groups in total. The average molecular weight is 229 g/mol. The predicted molar refractivity (Wildman–Crippen MR) is 65.4 cm³/mol. The molecule has 2 aromatic rings. The lowest BCUT2D eigenvalue weighted by molar-refractivity contribution is -0.123. The van der Waals surface area contributed by atoms with Crippen LogP contribution >= 0.6 is 0 Å². The van der Waals surface area contributed by atoms with Crippen LogP contribution in [0.5, 0.6) is 0 Å². The third-order valence-electron chi connectivity index (χ3n) is 2.90. The van der Waals surface area contributed by atoms with Crippen molar-refractivity contribution in [3.05, 3.63) is 60.1 Å². The summed E-state index contributed by atoms with van der Waals surface area (Å²) in [5.41, 5.74) is 6.84. The second-order valence-electron chi connectivity index (χ2n) is 4.30. The van der Waals surface area contributed by atoms with Crippen LogP contribution in [0.2, 0.25) is 0 Å². The summed E-state index contributed by atoms with van der Waals surface area (Å²) >= 11 is 0. The van der Waals surface area contributed by atoms with Gasteiger partial charge in [0.2, 0.25) is 0 Å². The molecule has 0 bridgehead atoms. The maximum atomic E-state index is 12.2. The monoisotopic (exact) mass is 229 g/mol. The number of ketones is 1. The zero-order valence-corrected chi connectivity index (χ0v) is 9.72. The van der Waals surface area contributed by atoms with Crippen LogP contribution in [0.25, 0.3) is 0 Å². The first-order valence-corrected chi connectivity index (χ1v) is 5.49. The largest absolute Gasteiger partial charge is 0.472 e. The summed E-state index contributed by atoms with van der Waals surface area (Å²) in [6.07, 6.45) is 3.41. The maximum absolute atomic E-state index is 12.2. The fourth-order valence-electron chi connectivity index (χ4n) is 1.71. The van der Waals surface area contributed by atoms with E-state index in [0.29, 0.717) is 6.42 Å². The van der Waals surface area contributed by atoms with E-state index < -0.39 is 5.54 Å². The Hall–Kier alpha value is -1.87. The number of hydrogen-bond donors (Lipinski definition) is 1. The Bertz CT molecular complexity index is 486. The van der Waals surface area contributed by atoms with Crippen LogP contribution in [0.4, 0.5) is 0 Å². The molecule has 0 aliphatic rings. The summed E-state index contributed by atoms with van der Waals surface area (Å²) in [7, 11) is 0. The second kappa shape index (κ2) is 4.55. The van der Waals surface area contributed by atoms with Gasteiger partial charge in [-0.15, -0.1) is 0 Å². The quantitative estimate of drug-likeness (QED) is 0.874. The first-order chi connectivity index (χ1) is 8.10. The SMILES string of the molecule is CC(N)(C(=O)Cc1ccoc1)c1ccccc1. The Labute approximate surface area is 100 Å². The zero-order valence-electron chi connectivity index (χ0n) is 9.72. The molecule has 17 heavy (non-hydrogen) atoms. The van der Waals surface area contributed by atoms with Crippen LogP contribution in [0, 0.1) is 0 Å². The van der Waals surface area contributed by atoms with Crippen molar-refractivity contribution in [3.8, 4) is 0 Å². The number of benzene rings is 1. The van der Waals surface area contributed by atoms with Crippen LogP contribution < -0.4 is 5.73 Å². The van der Waals surface area contributed by atoms with Crippen molar-refractivity contribution in [1.82, 2.24) is 0 Å². The molecule has 1 aromatic heterocycles. The molecule has 0 amide bonds. The van der Waals surface area contributed by atoms with Gasteiger partial charge in [-0.2, -0.15) is 0 Å². The molecule has 0 fully saturated rings. The van der Waals surface area contributed by atoms with E-state index in [4.69, 9.17) is 10.2 Å². The van der Waals surface area contributed by atoms with Gasteiger partial charge in [0.25, 0.3) is 0 Å². The number of carbonyl (C=O) groups excluding carboxylic acids is 1. The molecular weight excluding hydrogens is 214 g/mol. The number of Topliss-reactive ketones (excluding diaryl/α,β-unsaturated/α-hetero) is 1. The standard InChI is InChI=1S/C14H15NO2/c1-14(15,12-5-3-2-4-6-12)13(16)9-11-7-8-17-10-11/h2-8,10H,9,15H2,1H3. The van der Waals surface area contributed by atoms with Crippen molar-refractivity contribution < 1.29 is 9.21 Å². The molecular formula is C14H15NO2. The summed E-state index contributed by atoms with van der Waals surface area (Å²) in [6.45, 7) is 1.74. The number of hydrogen-bond acceptors (Lipinski definition) is 3. The van der Waals surface area contributed by atoms with Gasteiger partial charge < -0.3 is 10.2 Å². The number of rotatable bonds is 4. The van der Waals surface area contributed by atoms with Crippen molar-refractivity contribution in [2.75, 3.05) is 0 Å². The topological polar surface area (TPSA) is 56.2 Å². The Morgan fingerprint density at radius 3 is 2.59 bits per heavy atom. The van der Waals surface area contributed by atoms with Gasteiger partial charge in [-0.3, -0.25) is 4.79 Å². The first kappa shape index (κ1) is 11.6. The van der Waals surface area contributed by atoms with E-state index in [9.17, 15) is 4.79 Å². The molecule has 1 aromatic carbocycles. The Morgan fingerprint density at radius 1 is 1.29 bits per heavy atom. The summed E-state index contributed by atoms with van der Waals surface area (Å²) in [6, 6.07) is 11.2. The molecule has 3 nitrogen and oxygen atoms in total. The molecule has 1 heterocycles. The molecule has 3 heteroatoms. The summed E-state index contributed by atoms with van der Waals surface area (Å²) in [5, 5.41) is 0. The first-order valence-electron chi connectivity index (χ1n) is 5.49. The van der Waals surface area contributed by atoms with E-state index >= 15 is 0 Å². The van der Waals surface area contributed by atoms with E-state index in [1.807, 2.05) is 30.3 Å². The fraction of sp³-hybridized carbons (Fsp3) is 0.214. The fourth-order valence-corrected chi connectivity index (χ4v) is 1.71. The number of carbonyl (C=O) groups is 1. The van der Waals surface area contributed by atoms with Gasteiger partial charge in [0.1, 0.15) is 0 Å². The summed E-state index contributed by atoms with van der Waals surface area (Å²) in [5.74, 6) is -0.0231. The van der Waals surface area contributed by atoms with Gasteiger partial charge in [-0.25, -0.2) is 0 Å². The number of furan rings is 1. The third-order valence-corrected chi connectivity index (χ3v) is 2.90. The van der Waals surface area contributed by atoms with Crippen molar-refractivity contribution in [1.29, 1.82) is 0 Å². The van der Waals surface area contributed by atoms with Gasteiger partial charge in [0, 0.05) is 6.42 Å². The van der Waals surface area contributed by atoms with Gasteiger partial charge in [0.15, 0.2) is 5.78 Å². The molecule has 0 spiro atoms. The molecule has 0 saturated heterocycles. The Balaban J connectivity index is 2.18. The lowest BCUT2D eigenvalue weighted by Crippen LogP contribution is -2.42. The van der Waals surface area contributed by atoms with Crippen LogP contribution in [-0.2, 0) is 16.8 Å². The highest BCUT2D eigenvalue weighted by atomic mass is 16.3. The molecule has 0 aliphatic carbocycles. The highest BCUT2D eigenvalue weighted by Crippen LogP contribution is 2.20. The van der Waals surface area contributed by atoms with Crippen molar-refractivity contribution in [2.45, 2.75) is 18.9 Å². The van der Waals surface area contributed by atoms with E-state index in [2.05, 4.69) is 0 Å². The minimum absolute atomic E-state index is 0.0231. The lowest BCUT2D eigenvalue weighted by atomic mass is 9.86. The smallest absolute Gasteiger partial charge is 0.161 e. The Kier molecular flexibility index (Phi) is 3.11. The predicted octanol–water partition coefficient (Wildman–Crippen LogP) is 2.27. The second-order valence-corrected chi connectivity index (χ2v) is 4.30. The summed E-state index contributed by atoms with van der Waals surface area (Å²) in [4.78, 5) is 12.2. The molecule has 2 rings (SSSR count). The third kappa shape index (κ3) is 2.45. The van der Waals surface area contributed by atoms with Crippen LogP contribution in [0.1, 0.15) is 18.1 Å². The van der Waals surface area contributed by atoms with Crippen molar-refractivity contribution in [3.63, 3.8) is 0 Å².